The monoisotopic (exact) mass is 277 g/mol. The van der Waals surface area contributed by atoms with E-state index in [1.54, 1.807) is 7.11 Å². The minimum absolute atomic E-state index is 0.243. The van der Waals surface area contributed by atoms with Crippen molar-refractivity contribution in [3.63, 3.8) is 0 Å². The maximum atomic E-state index is 6.24. The summed E-state index contributed by atoms with van der Waals surface area (Å²) in [6.07, 6.45) is 3.78. The smallest absolute Gasteiger partial charge is 0.120 e. The first-order chi connectivity index (χ1) is 9.54. The number of ether oxygens (including phenoxy) is 2. The van der Waals surface area contributed by atoms with Crippen molar-refractivity contribution < 1.29 is 9.47 Å². The molecule has 0 amide bonds. The minimum atomic E-state index is 0.243. The summed E-state index contributed by atoms with van der Waals surface area (Å²) in [5.41, 5.74) is 0.364. The highest BCUT2D eigenvalue weighted by atomic mass is 16.5. The molecule has 0 bridgehead atoms. The number of likely N-dealkylation sites (N-methyl/N-ethyl adjacent to an activating group) is 1. The SMILES string of the molecule is CCNC1CCC(C)(C)CC1Oc1ccc(OC)cc1. The summed E-state index contributed by atoms with van der Waals surface area (Å²) in [6, 6.07) is 8.33. The zero-order chi connectivity index (χ0) is 14.6. The van der Waals surface area contributed by atoms with Crippen molar-refractivity contribution in [3.05, 3.63) is 24.3 Å². The van der Waals surface area contributed by atoms with Crippen molar-refractivity contribution in [1.29, 1.82) is 0 Å². The number of hydrogen-bond acceptors (Lipinski definition) is 3. The summed E-state index contributed by atoms with van der Waals surface area (Å²) < 4.78 is 11.4. The van der Waals surface area contributed by atoms with Crippen LogP contribution >= 0.6 is 0 Å². The maximum Gasteiger partial charge on any atom is 0.120 e. The maximum absolute atomic E-state index is 6.24. The van der Waals surface area contributed by atoms with Gasteiger partial charge in [0.05, 0.1) is 7.11 Å². The number of rotatable bonds is 5. The van der Waals surface area contributed by atoms with E-state index in [1.165, 1.54) is 12.8 Å². The van der Waals surface area contributed by atoms with Crippen LogP contribution in [0.15, 0.2) is 24.3 Å². The summed E-state index contributed by atoms with van der Waals surface area (Å²) in [4.78, 5) is 0. The van der Waals surface area contributed by atoms with Crippen LogP contribution in [-0.4, -0.2) is 25.8 Å². The molecule has 20 heavy (non-hydrogen) atoms. The van der Waals surface area contributed by atoms with Gasteiger partial charge in [-0.15, -0.1) is 0 Å². The molecule has 0 aliphatic heterocycles. The fourth-order valence-corrected chi connectivity index (χ4v) is 2.97. The predicted octanol–water partition coefficient (Wildman–Crippen LogP) is 3.63. The van der Waals surface area contributed by atoms with Crippen molar-refractivity contribution in [3.8, 4) is 11.5 Å². The van der Waals surface area contributed by atoms with Gasteiger partial charge in [0.15, 0.2) is 0 Å². The van der Waals surface area contributed by atoms with Crippen LogP contribution in [-0.2, 0) is 0 Å². The van der Waals surface area contributed by atoms with Gasteiger partial charge < -0.3 is 14.8 Å². The molecule has 0 heterocycles. The molecule has 0 aromatic heterocycles. The van der Waals surface area contributed by atoms with Crippen LogP contribution in [0.2, 0.25) is 0 Å². The van der Waals surface area contributed by atoms with Gasteiger partial charge in [0, 0.05) is 6.04 Å². The molecule has 1 N–H and O–H groups in total. The van der Waals surface area contributed by atoms with E-state index in [1.807, 2.05) is 24.3 Å². The van der Waals surface area contributed by atoms with Gasteiger partial charge in [-0.1, -0.05) is 20.8 Å². The third-order valence-corrected chi connectivity index (χ3v) is 4.15. The minimum Gasteiger partial charge on any atom is -0.497 e. The standard InChI is InChI=1S/C17H27NO2/c1-5-18-15-10-11-17(2,3)12-16(15)20-14-8-6-13(19-4)7-9-14/h6-9,15-16,18H,5,10-12H2,1-4H3. The molecule has 112 valence electrons. The molecule has 1 fully saturated rings. The molecule has 2 atom stereocenters. The largest absolute Gasteiger partial charge is 0.497 e. The summed E-state index contributed by atoms with van der Waals surface area (Å²) >= 11 is 0. The lowest BCUT2D eigenvalue weighted by Gasteiger charge is -2.41. The van der Waals surface area contributed by atoms with Crippen LogP contribution in [0.25, 0.3) is 0 Å². The van der Waals surface area contributed by atoms with Gasteiger partial charge in [-0.05, 0) is 55.5 Å². The highest BCUT2D eigenvalue weighted by Gasteiger charge is 2.35. The Balaban J connectivity index is 2.05. The molecular formula is C17H27NO2. The van der Waals surface area contributed by atoms with E-state index in [0.29, 0.717) is 11.5 Å². The third-order valence-electron chi connectivity index (χ3n) is 4.15. The average molecular weight is 277 g/mol. The lowest BCUT2D eigenvalue weighted by atomic mass is 9.74. The predicted molar refractivity (Wildman–Crippen MR) is 82.5 cm³/mol. The van der Waals surface area contributed by atoms with Crippen LogP contribution in [0.1, 0.15) is 40.0 Å². The van der Waals surface area contributed by atoms with E-state index in [2.05, 4.69) is 26.1 Å². The second kappa shape index (κ2) is 6.49. The van der Waals surface area contributed by atoms with E-state index in [0.717, 1.165) is 24.5 Å². The van der Waals surface area contributed by atoms with Crippen molar-refractivity contribution in [2.75, 3.05) is 13.7 Å². The molecule has 0 spiro atoms. The van der Waals surface area contributed by atoms with Gasteiger partial charge in [0.25, 0.3) is 0 Å². The average Bonchev–Trinajstić information content (AvgIpc) is 2.42. The molecule has 1 saturated carbocycles. The summed E-state index contributed by atoms with van der Waals surface area (Å²) in [5, 5.41) is 3.57. The van der Waals surface area contributed by atoms with Crippen LogP contribution in [0, 0.1) is 5.41 Å². The zero-order valence-electron chi connectivity index (χ0n) is 13.1. The van der Waals surface area contributed by atoms with Gasteiger partial charge in [0.1, 0.15) is 17.6 Å². The van der Waals surface area contributed by atoms with E-state index >= 15 is 0 Å². The molecular weight excluding hydrogens is 250 g/mol. The molecule has 2 unspecified atom stereocenters. The Morgan fingerprint density at radius 2 is 1.85 bits per heavy atom. The number of nitrogens with one attached hydrogen (secondary N) is 1. The molecule has 3 nitrogen and oxygen atoms in total. The Kier molecular flexibility index (Phi) is 4.92. The lowest BCUT2D eigenvalue weighted by molar-refractivity contribution is 0.0536. The van der Waals surface area contributed by atoms with Crippen LogP contribution < -0.4 is 14.8 Å². The summed E-state index contributed by atoms with van der Waals surface area (Å²) in [6.45, 7) is 7.82. The zero-order valence-corrected chi connectivity index (χ0v) is 13.1. The Morgan fingerprint density at radius 1 is 1.20 bits per heavy atom. The molecule has 1 aromatic carbocycles. The molecule has 1 aliphatic carbocycles. The van der Waals surface area contributed by atoms with Gasteiger partial charge in [0.2, 0.25) is 0 Å². The molecule has 0 radical (unpaired) electrons. The Bertz CT molecular complexity index is 414. The molecule has 1 aromatic rings. The first-order valence-corrected chi connectivity index (χ1v) is 7.58. The van der Waals surface area contributed by atoms with E-state index < -0.39 is 0 Å². The number of methoxy groups -OCH3 is 1. The van der Waals surface area contributed by atoms with Crippen LogP contribution in [0.5, 0.6) is 11.5 Å². The first kappa shape index (κ1) is 15.2. The Hall–Kier alpha value is -1.22. The van der Waals surface area contributed by atoms with E-state index in [4.69, 9.17) is 9.47 Å². The van der Waals surface area contributed by atoms with Gasteiger partial charge >= 0.3 is 0 Å². The van der Waals surface area contributed by atoms with Gasteiger partial charge in [-0.25, -0.2) is 0 Å². The first-order valence-electron chi connectivity index (χ1n) is 7.58. The summed E-state index contributed by atoms with van der Waals surface area (Å²) in [5.74, 6) is 1.79. The molecule has 3 heteroatoms. The van der Waals surface area contributed by atoms with Gasteiger partial charge in [-0.2, -0.15) is 0 Å². The van der Waals surface area contributed by atoms with E-state index in [-0.39, 0.29) is 6.10 Å². The van der Waals surface area contributed by atoms with E-state index in [9.17, 15) is 0 Å². The number of benzene rings is 1. The second-order valence-corrected chi connectivity index (χ2v) is 6.40. The molecule has 2 rings (SSSR count). The fraction of sp³-hybridized carbons (Fsp3) is 0.647. The fourth-order valence-electron chi connectivity index (χ4n) is 2.97. The highest BCUT2D eigenvalue weighted by molar-refractivity contribution is 5.31. The van der Waals surface area contributed by atoms with Gasteiger partial charge in [-0.3, -0.25) is 0 Å². The Morgan fingerprint density at radius 3 is 2.45 bits per heavy atom. The van der Waals surface area contributed by atoms with Crippen LogP contribution in [0.3, 0.4) is 0 Å². The van der Waals surface area contributed by atoms with Crippen molar-refractivity contribution in [1.82, 2.24) is 5.32 Å². The van der Waals surface area contributed by atoms with Crippen molar-refractivity contribution >= 4 is 0 Å². The highest BCUT2D eigenvalue weighted by Crippen LogP contribution is 2.37. The topological polar surface area (TPSA) is 30.5 Å². The van der Waals surface area contributed by atoms with Crippen molar-refractivity contribution in [2.24, 2.45) is 5.41 Å². The Labute approximate surface area is 122 Å². The van der Waals surface area contributed by atoms with Crippen LogP contribution in [0.4, 0.5) is 0 Å². The second-order valence-electron chi connectivity index (χ2n) is 6.40. The number of hydrogen-bond donors (Lipinski definition) is 1. The molecule has 1 aliphatic rings. The summed E-state index contributed by atoms with van der Waals surface area (Å²) in [7, 11) is 1.68. The quantitative estimate of drug-likeness (QED) is 0.891. The van der Waals surface area contributed by atoms with Crippen molar-refractivity contribution in [2.45, 2.75) is 52.2 Å². The third kappa shape index (κ3) is 3.89. The molecule has 0 saturated heterocycles. The lowest BCUT2D eigenvalue weighted by Crippen LogP contribution is -2.49. The normalized spacial score (nSPS) is 25.2.